The highest BCUT2D eigenvalue weighted by Gasteiger charge is 2.00. The van der Waals surface area contributed by atoms with Gasteiger partial charge < -0.3 is 10.5 Å². The smallest absolute Gasteiger partial charge is 0.0560 e. The van der Waals surface area contributed by atoms with Crippen LogP contribution in [-0.4, -0.2) is 19.0 Å². The van der Waals surface area contributed by atoms with Crippen LogP contribution in [0.25, 0.3) is 0 Å². The quantitative estimate of drug-likeness (QED) is 0.457. The summed E-state index contributed by atoms with van der Waals surface area (Å²) in [4.78, 5) is 1.26. The van der Waals surface area contributed by atoms with Gasteiger partial charge in [-0.25, -0.2) is 0 Å². The van der Waals surface area contributed by atoms with Crippen molar-refractivity contribution in [2.45, 2.75) is 32.1 Å². The van der Waals surface area contributed by atoms with Crippen LogP contribution in [0.15, 0.2) is 23.1 Å². The first-order valence-electron chi connectivity index (χ1n) is 6.16. The maximum atomic E-state index is 5.77. The van der Waals surface area contributed by atoms with Crippen LogP contribution in [0.4, 0.5) is 5.69 Å². The van der Waals surface area contributed by atoms with Crippen LogP contribution in [0.1, 0.15) is 25.8 Å². The summed E-state index contributed by atoms with van der Waals surface area (Å²) in [6.07, 6.45) is 1.14. The monoisotopic (exact) mass is 253 g/mol. The predicted octanol–water partition coefficient (Wildman–Crippen LogP) is 3.73. The third kappa shape index (κ3) is 5.99. The van der Waals surface area contributed by atoms with Crippen LogP contribution < -0.4 is 5.73 Å². The Morgan fingerprint density at radius 1 is 1.29 bits per heavy atom. The molecule has 1 aromatic rings. The molecule has 0 unspecified atom stereocenters. The second kappa shape index (κ2) is 7.62. The Hall–Kier alpha value is -0.670. The van der Waals surface area contributed by atoms with E-state index in [9.17, 15) is 0 Å². The maximum absolute atomic E-state index is 5.77. The zero-order valence-corrected chi connectivity index (χ0v) is 11.8. The van der Waals surface area contributed by atoms with E-state index in [4.69, 9.17) is 10.5 Å². The van der Waals surface area contributed by atoms with Crippen molar-refractivity contribution in [2.24, 2.45) is 5.92 Å². The predicted molar refractivity (Wildman–Crippen MR) is 76.6 cm³/mol. The van der Waals surface area contributed by atoms with Crippen LogP contribution >= 0.6 is 11.8 Å². The summed E-state index contributed by atoms with van der Waals surface area (Å²) < 4.78 is 5.58. The van der Waals surface area contributed by atoms with Crippen LogP contribution in [0.5, 0.6) is 0 Å². The third-order valence-electron chi connectivity index (χ3n) is 2.54. The van der Waals surface area contributed by atoms with Crippen molar-refractivity contribution >= 4 is 17.4 Å². The van der Waals surface area contributed by atoms with Gasteiger partial charge in [0.15, 0.2) is 0 Å². The normalized spacial score (nSPS) is 11.1. The number of ether oxygens (including phenoxy) is 1. The van der Waals surface area contributed by atoms with Crippen LogP contribution in [0.2, 0.25) is 0 Å². The first kappa shape index (κ1) is 14.4. The lowest BCUT2D eigenvalue weighted by molar-refractivity contribution is 0.138. The second-order valence-electron chi connectivity index (χ2n) is 4.67. The van der Waals surface area contributed by atoms with Gasteiger partial charge in [0.05, 0.1) is 6.61 Å². The number of nitrogens with two attached hydrogens (primary N) is 1. The molecule has 0 amide bonds. The molecule has 1 rings (SSSR count). The van der Waals surface area contributed by atoms with E-state index < -0.39 is 0 Å². The number of hydrogen-bond acceptors (Lipinski definition) is 3. The van der Waals surface area contributed by atoms with Crippen molar-refractivity contribution in [3.8, 4) is 0 Å². The van der Waals surface area contributed by atoms with Crippen molar-refractivity contribution < 1.29 is 4.74 Å². The van der Waals surface area contributed by atoms with E-state index in [2.05, 4.69) is 26.8 Å². The zero-order chi connectivity index (χ0) is 12.7. The largest absolute Gasteiger partial charge is 0.399 e. The zero-order valence-electron chi connectivity index (χ0n) is 11.0. The van der Waals surface area contributed by atoms with Gasteiger partial charge in [0.2, 0.25) is 0 Å². The Morgan fingerprint density at radius 2 is 2.06 bits per heavy atom. The van der Waals surface area contributed by atoms with E-state index in [0.29, 0.717) is 0 Å². The summed E-state index contributed by atoms with van der Waals surface area (Å²) >= 11 is 1.82. The van der Waals surface area contributed by atoms with Crippen molar-refractivity contribution in [1.82, 2.24) is 0 Å². The van der Waals surface area contributed by atoms with E-state index in [-0.39, 0.29) is 0 Å². The number of aryl methyl sites for hydroxylation is 1. The lowest BCUT2D eigenvalue weighted by Gasteiger charge is -2.08. The first-order valence-corrected chi connectivity index (χ1v) is 7.15. The summed E-state index contributed by atoms with van der Waals surface area (Å²) in [6, 6.07) is 6.05. The molecule has 0 fully saturated rings. The minimum absolute atomic E-state index is 0.721. The van der Waals surface area contributed by atoms with Gasteiger partial charge in [0.1, 0.15) is 0 Å². The fourth-order valence-electron chi connectivity index (χ4n) is 1.40. The summed E-state index contributed by atoms with van der Waals surface area (Å²) in [5, 5.41) is 0. The fourth-order valence-corrected chi connectivity index (χ4v) is 2.34. The molecule has 0 spiro atoms. The van der Waals surface area contributed by atoms with E-state index in [1.807, 2.05) is 23.9 Å². The molecule has 1 aromatic carbocycles. The van der Waals surface area contributed by atoms with E-state index in [0.717, 1.165) is 37.0 Å². The molecule has 0 saturated carbocycles. The Labute approximate surface area is 109 Å². The maximum Gasteiger partial charge on any atom is 0.0560 e. The lowest BCUT2D eigenvalue weighted by Crippen LogP contribution is -2.02. The summed E-state index contributed by atoms with van der Waals surface area (Å²) in [5.41, 5.74) is 7.88. The highest BCUT2D eigenvalue weighted by Crippen LogP contribution is 2.24. The Morgan fingerprint density at radius 3 is 2.76 bits per heavy atom. The Kier molecular flexibility index (Phi) is 6.45. The number of nitrogen functional groups attached to an aromatic ring is 1. The highest BCUT2D eigenvalue weighted by atomic mass is 32.2. The molecule has 0 bridgehead atoms. The lowest BCUT2D eigenvalue weighted by atomic mass is 10.1. The Bertz CT molecular complexity index is 339. The van der Waals surface area contributed by atoms with Crippen molar-refractivity contribution in [3.63, 3.8) is 0 Å². The van der Waals surface area contributed by atoms with Crippen LogP contribution in [0, 0.1) is 12.8 Å². The molecule has 0 radical (unpaired) electrons. The number of hydrogen-bond donors (Lipinski definition) is 1. The van der Waals surface area contributed by atoms with Gasteiger partial charge in [0, 0.05) is 22.9 Å². The van der Waals surface area contributed by atoms with E-state index in [1.54, 1.807) is 0 Å². The summed E-state index contributed by atoms with van der Waals surface area (Å²) in [7, 11) is 0. The van der Waals surface area contributed by atoms with Crippen molar-refractivity contribution in [2.75, 3.05) is 24.7 Å². The number of thioether (sulfide) groups is 1. The molecule has 0 aromatic heterocycles. The van der Waals surface area contributed by atoms with Gasteiger partial charge in [-0.15, -0.1) is 11.8 Å². The van der Waals surface area contributed by atoms with Crippen molar-refractivity contribution in [1.29, 1.82) is 0 Å². The third-order valence-corrected chi connectivity index (χ3v) is 3.66. The van der Waals surface area contributed by atoms with Gasteiger partial charge in [-0.2, -0.15) is 0 Å². The first-order chi connectivity index (χ1) is 8.09. The van der Waals surface area contributed by atoms with E-state index in [1.165, 1.54) is 10.5 Å². The molecule has 0 atom stereocenters. The van der Waals surface area contributed by atoms with Crippen molar-refractivity contribution in [3.05, 3.63) is 23.8 Å². The SMILES string of the molecule is Cc1ccc(N)cc1SCCOCCC(C)C. The summed E-state index contributed by atoms with van der Waals surface area (Å²) in [6.45, 7) is 8.23. The standard InChI is InChI=1S/C14H23NOS/c1-11(2)6-7-16-8-9-17-14-10-13(15)5-4-12(14)3/h4-5,10-11H,6-9,15H2,1-3H3. The molecule has 0 saturated heterocycles. The van der Waals surface area contributed by atoms with Gasteiger partial charge in [-0.3, -0.25) is 0 Å². The fraction of sp³-hybridized carbons (Fsp3) is 0.571. The molecule has 2 N–H and O–H groups in total. The van der Waals surface area contributed by atoms with Gasteiger partial charge in [-0.05, 0) is 37.0 Å². The van der Waals surface area contributed by atoms with E-state index >= 15 is 0 Å². The van der Waals surface area contributed by atoms with Crippen LogP contribution in [-0.2, 0) is 4.74 Å². The molecule has 2 nitrogen and oxygen atoms in total. The van der Waals surface area contributed by atoms with Crippen LogP contribution in [0.3, 0.4) is 0 Å². The molecular weight excluding hydrogens is 230 g/mol. The topological polar surface area (TPSA) is 35.2 Å². The second-order valence-corrected chi connectivity index (χ2v) is 5.81. The number of benzene rings is 1. The average molecular weight is 253 g/mol. The molecule has 0 aliphatic rings. The molecule has 0 aliphatic carbocycles. The molecule has 17 heavy (non-hydrogen) atoms. The molecule has 0 heterocycles. The van der Waals surface area contributed by atoms with Gasteiger partial charge in [-0.1, -0.05) is 19.9 Å². The minimum atomic E-state index is 0.721. The molecule has 0 aliphatic heterocycles. The van der Waals surface area contributed by atoms with Gasteiger partial charge >= 0.3 is 0 Å². The number of rotatable bonds is 7. The summed E-state index contributed by atoms with van der Waals surface area (Å²) in [5.74, 6) is 1.71. The minimum Gasteiger partial charge on any atom is -0.399 e. The molecule has 96 valence electrons. The highest BCUT2D eigenvalue weighted by molar-refractivity contribution is 7.99. The number of anilines is 1. The van der Waals surface area contributed by atoms with Gasteiger partial charge in [0.25, 0.3) is 0 Å². The molecular formula is C14H23NOS. The Balaban J connectivity index is 2.20. The molecule has 3 heteroatoms. The average Bonchev–Trinajstić information content (AvgIpc) is 2.27.